The van der Waals surface area contributed by atoms with Crippen LogP contribution in [0.5, 0.6) is 0 Å². The van der Waals surface area contributed by atoms with Crippen LogP contribution in [0.3, 0.4) is 0 Å². The van der Waals surface area contributed by atoms with Gasteiger partial charge in [0.1, 0.15) is 0 Å². The first-order valence-corrected chi connectivity index (χ1v) is 8.39. The number of aromatic nitrogens is 1. The molecule has 6 nitrogen and oxygen atoms in total. The number of carbonyl (C=O) groups is 2. The Kier molecular flexibility index (Phi) is 5.09. The van der Waals surface area contributed by atoms with Crippen LogP contribution in [0.15, 0.2) is 48.7 Å². The second kappa shape index (κ2) is 7.44. The Morgan fingerprint density at radius 1 is 1.28 bits per heavy atom. The third kappa shape index (κ3) is 3.53. The minimum atomic E-state index is -0.997. The molecule has 1 aliphatic rings. The van der Waals surface area contributed by atoms with E-state index in [1.165, 1.54) is 0 Å². The molecule has 0 spiro atoms. The van der Waals surface area contributed by atoms with E-state index in [0.717, 1.165) is 12.1 Å². The molecule has 0 bridgehead atoms. The Bertz CT molecular complexity index is 764. The van der Waals surface area contributed by atoms with Crippen LogP contribution >= 0.6 is 0 Å². The molecule has 1 aliphatic heterocycles. The molecule has 1 aromatic carbocycles. The number of anilines is 1. The van der Waals surface area contributed by atoms with Crippen molar-refractivity contribution in [2.24, 2.45) is 0 Å². The number of hydrogen-bond donors (Lipinski definition) is 1. The molecular weight excluding hydrogens is 318 g/mol. The second-order valence-electron chi connectivity index (χ2n) is 6.00. The fraction of sp³-hybridized carbons (Fsp3) is 0.316. The molecule has 1 atom stereocenters. The van der Waals surface area contributed by atoms with E-state index in [0.29, 0.717) is 25.3 Å². The summed E-state index contributed by atoms with van der Waals surface area (Å²) in [5.74, 6) is -0.941. The van der Waals surface area contributed by atoms with Crippen molar-refractivity contribution < 1.29 is 14.7 Å². The minimum Gasteiger partial charge on any atom is -0.478 e. The molecule has 1 aromatic heterocycles. The van der Waals surface area contributed by atoms with E-state index < -0.39 is 5.97 Å². The average molecular weight is 339 g/mol. The van der Waals surface area contributed by atoms with Crippen molar-refractivity contribution in [3.05, 3.63) is 59.9 Å². The first kappa shape index (κ1) is 17.1. The predicted molar refractivity (Wildman–Crippen MR) is 94.5 cm³/mol. The van der Waals surface area contributed by atoms with E-state index >= 15 is 0 Å². The quantitative estimate of drug-likeness (QED) is 0.875. The second-order valence-corrected chi connectivity index (χ2v) is 6.00. The van der Waals surface area contributed by atoms with Crippen LogP contribution < -0.4 is 4.90 Å². The SMILES string of the molecule is CCN(Cc1ncccc1C(=O)O)C1CCN(c2ccccc2)C1=O. The number of nitrogens with zero attached hydrogens (tertiary/aromatic N) is 3. The van der Waals surface area contributed by atoms with Crippen LogP contribution in [0.1, 0.15) is 29.4 Å². The van der Waals surface area contributed by atoms with Crippen molar-refractivity contribution in [3.63, 3.8) is 0 Å². The molecule has 1 N–H and O–H groups in total. The van der Waals surface area contributed by atoms with Crippen LogP contribution in [0.2, 0.25) is 0 Å². The number of carboxylic acid groups (broad SMARTS) is 1. The average Bonchev–Trinajstić information content (AvgIpc) is 3.02. The number of rotatable bonds is 6. The highest BCUT2D eigenvalue weighted by atomic mass is 16.4. The van der Waals surface area contributed by atoms with Crippen molar-refractivity contribution in [1.82, 2.24) is 9.88 Å². The molecule has 0 aliphatic carbocycles. The van der Waals surface area contributed by atoms with Gasteiger partial charge in [0.15, 0.2) is 0 Å². The topological polar surface area (TPSA) is 73.7 Å². The molecule has 1 unspecified atom stereocenters. The summed E-state index contributed by atoms with van der Waals surface area (Å²) in [5.41, 5.74) is 1.57. The summed E-state index contributed by atoms with van der Waals surface area (Å²) in [4.78, 5) is 32.3. The number of pyridine rings is 1. The maximum absolute atomic E-state index is 12.9. The fourth-order valence-electron chi connectivity index (χ4n) is 3.26. The van der Waals surface area contributed by atoms with Crippen molar-refractivity contribution in [1.29, 1.82) is 0 Å². The monoisotopic (exact) mass is 339 g/mol. The van der Waals surface area contributed by atoms with Crippen molar-refractivity contribution in [2.75, 3.05) is 18.0 Å². The molecule has 0 saturated carbocycles. The summed E-state index contributed by atoms with van der Waals surface area (Å²) in [6.45, 7) is 3.63. The first-order chi connectivity index (χ1) is 12.1. The standard InChI is InChI=1S/C19H21N3O3/c1-2-21(13-16-15(19(24)25)9-6-11-20-16)17-10-12-22(18(17)23)14-7-4-3-5-8-14/h3-9,11,17H,2,10,12-13H2,1H3,(H,24,25). The molecule has 3 rings (SSSR count). The first-order valence-electron chi connectivity index (χ1n) is 8.39. The third-order valence-electron chi connectivity index (χ3n) is 4.57. The summed E-state index contributed by atoms with van der Waals surface area (Å²) in [6.07, 6.45) is 2.30. The van der Waals surface area contributed by atoms with Gasteiger partial charge in [0.05, 0.1) is 17.3 Å². The molecule has 2 aromatic rings. The Balaban J connectivity index is 1.78. The van der Waals surface area contributed by atoms with Gasteiger partial charge < -0.3 is 10.0 Å². The lowest BCUT2D eigenvalue weighted by molar-refractivity contribution is -0.121. The number of aromatic carboxylic acids is 1. The lowest BCUT2D eigenvalue weighted by Gasteiger charge is -2.26. The zero-order valence-electron chi connectivity index (χ0n) is 14.1. The zero-order chi connectivity index (χ0) is 17.8. The predicted octanol–water partition coefficient (Wildman–Crippen LogP) is 2.41. The van der Waals surface area contributed by atoms with E-state index in [1.54, 1.807) is 23.2 Å². The number of carboxylic acids is 1. The summed E-state index contributed by atoms with van der Waals surface area (Å²) >= 11 is 0. The molecular formula is C19H21N3O3. The van der Waals surface area contributed by atoms with Crippen molar-refractivity contribution in [3.8, 4) is 0 Å². The third-order valence-corrected chi connectivity index (χ3v) is 4.57. The normalized spacial score (nSPS) is 17.3. The van der Waals surface area contributed by atoms with Gasteiger partial charge in [-0.25, -0.2) is 4.79 Å². The minimum absolute atomic E-state index is 0.0563. The van der Waals surface area contributed by atoms with Gasteiger partial charge in [-0.2, -0.15) is 0 Å². The molecule has 130 valence electrons. The number of para-hydroxylation sites is 1. The van der Waals surface area contributed by atoms with Gasteiger partial charge in [-0.05, 0) is 37.2 Å². The highest BCUT2D eigenvalue weighted by Gasteiger charge is 2.36. The van der Waals surface area contributed by atoms with E-state index in [-0.39, 0.29) is 17.5 Å². The number of amides is 1. The maximum Gasteiger partial charge on any atom is 0.337 e. The van der Waals surface area contributed by atoms with Gasteiger partial charge in [0.2, 0.25) is 5.91 Å². The van der Waals surface area contributed by atoms with E-state index in [1.807, 2.05) is 42.2 Å². The Morgan fingerprint density at radius 2 is 2.04 bits per heavy atom. The van der Waals surface area contributed by atoms with Gasteiger partial charge in [0.25, 0.3) is 0 Å². The Labute approximate surface area is 146 Å². The number of benzene rings is 1. The summed E-state index contributed by atoms with van der Waals surface area (Å²) in [7, 11) is 0. The summed E-state index contributed by atoms with van der Waals surface area (Å²) in [5, 5.41) is 9.33. The highest BCUT2D eigenvalue weighted by molar-refractivity contribution is 5.99. The van der Waals surface area contributed by atoms with Crippen LogP contribution in [0, 0.1) is 0 Å². The Morgan fingerprint density at radius 3 is 2.72 bits per heavy atom. The molecule has 1 fully saturated rings. The number of hydrogen-bond acceptors (Lipinski definition) is 4. The molecule has 1 amide bonds. The highest BCUT2D eigenvalue weighted by Crippen LogP contribution is 2.25. The lowest BCUT2D eigenvalue weighted by atomic mass is 10.1. The summed E-state index contributed by atoms with van der Waals surface area (Å²) < 4.78 is 0. The molecule has 0 radical (unpaired) electrons. The van der Waals surface area contributed by atoms with E-state index in [2.05, 4.69) is 4.98 Å². The van der Waals surface area contributed by atoms with Crippen molar-refractivity contribution >= 4 is 17.6 Å². The smallest absolute Gasteiger partial charge is 0.337 e. The van der Waals surface area contributed by atoms with Crippen LogP contribution in [-0.4, -0.2) is 46.0 Å². The number of carbonyl (C=O) groups excluding carboxylic acids is 1. The van der Waals surface area contributed by atoms with Crippen LogP contribution in [0.25, 0.3) is 0 Å². The van der Waals surface area contributed by atoms with Crippen LogP contribution in [-0.2, 0) is 11.3 Å². The Hall–Kier alpha value is -2.73. The lowest BCUT2D eigenvalue weighted by Crippen LogP contribution is -2.41. The van der Waals surface area contributed by atoms with Gasteiger partial charge >= 0.3 is 5.97 Å². The van der Waals surface area contributed by atoms with E-state index in [9.17, 15) is 14.7 Å². The van der Waals surface area contributed by atoms with Crippen LogP contribution in [0.4, 0.5) is 5.69 Å². The number of likely N-dealkylation sites (N-methyl/N-ethyl adjacent to an activating group) is 1. The molecule has 25 heavy (non-hydrogen) atoms. The fourth-order valence-corrected chi connectivity index (χ4v) is 3.26. The largest absolute Gasteiger partial charge is 0.478 e. The van der Waals surface area contributed by atoms with Crippen molar-refractivity contribution in [2.45, 2.75) is 25.9 Å². The van der Waals surface area contributed by atoms with Gasteiger partial charge in [0, 0.05) is 25.0 Å². The van der Waals surface area contributed by atoms with Gasteiger partial charge in [-0.15, -0.1) is 0 Å². The molecule has 6 heteroatoms. The molecule has 2 heterocycles. The van der Waals surface area contributed by atoms with Gasteiger partial charge in [-0.3, -0.25) is 14.7 Å². The summed E-state index contributed by atoms with van der Waals surface area (Å²) in [6, 6.07) is 12.5. The zero-order valence-corrected chi connectivity index (χ0v) is 14.1. The molecule has 1 saturated heterocycles. The van der Waals surface area contributed by atoms with Gasteiger partial charge in [-0.1, -0.05) is 25.1 Å². The van der Waals surface area contributed by atoms with E-state index in [4.69, 9.17) is 0 Å². The maximum atomic E-state index is 12.9.